The summed E-state index contributed by atoms with van der Waals surface area (Å²) in [4.78, 5) is 20.9. The highest BCUT2D eigenvalue weighted by atomic mass is 35.5. The van der Waals surface area contributed by atoms with Crippen LogP contribution in [0.15, 0.2) is 42.6 Å². The number of carbonyl (C=O) groups is 1. The van der Waals surface area contributed by atoms with Crippen LogP contribution in [0, 0.1) is 18.8 Å². The van der Waals surface area contributed by atoms with E-state index in [1.165, 1.54) is 11.1 Å². The van der Waals surface area contributed by atoms with Gasteiger partial charge in [0.1, 0.15) is 5.82 Å². The van der Waals surface area contributed by atoms with Crippen LogP contribution >= 0.6 is 24.8 Å². The number of primary amides is 1. The summed E-state index contributed by atoms with van der Waals surface area (Å²) in [5.41, 5.74) is 8.82. The van der Waals surface area contributed by atoms with E-state index in [4.69, 9.17) is 5.73 Å². The van der Waals surface area contributed by atoms with E-state index in [0.717, 1.165) is 25.5 Å². The van der Waals surface area contributed by atoms with Crippen LogP contribution in [0.2, 0.25) is 0 Å². The fraction of sp³-hybridized carbons (Fsp3) is 0.400. The highest BCUT2D eigenvalue weighted by Crippen LogP contribution is 2.45. The molecule has 0 bridgehead atoms. The number of amides is 1. The number of nitrogens with zero attached hydrogens (tertiary/aromatic N) is 3. The second-order valence-corrected chi connectivity index (χ2v) is 7.31. The molecular formula is C20H26Cl2N4O. The maximum absolute atomic E-state index is 11.8. The number of benzene rings is 1. The minimum Gasteiger partial charge on any atom is -0.365 e. The van der Waals surface area contributed by atoms with Gasteiger partial charge in [-0.2, -0.15) is 0 Å². The van der Waals surface area contributed by atoms with E-state index in [-0.39, 0.29) is 24.8 Å². The molecule has 5 nitrogen and oxygen atoms in total. The number of pyridine rings is 1. The third-order valence-electron chi connectivity index (χ3n) is 5.75. The van der Waals surface area contributed by atoms with Crippen LogP contribution in [0.1, 0.15) is 27.5 Å². The number of carbonyl (C=O) groups excluding carboxylic acids is 1. The Labute approximate surface area is 172 Å². The number of hydrogen-bond donors (Lipinski definition) is 1. The van der Waals surface area contributed by atoms with Crippen LogP contribution < -0.4 is 10.6 Å². The van der Waals surface area contributed by atoms with Gasteiger partial charge in [-0.3, -0.25) is 9.69 Å². The van der Waals surface area contributed by atoms with Crippen molar-refractivity contribution in [1.82, 2.24) is 9.88 Å². The molecule has 0 aliphatic carbocycles. The molecule has 2 aliphatic heterocycles. The molecule has 0 spiro atoms. The summed E-state index contributed by atoms with van der Waals surface area (Å²) in [5, 5.41) is 0. The summed E-state index contributed by atoms with van der Waals surface area (Å²) in [5.74, 6) is 1.44. The van der Waals surface area contributed by atoms with Crippen molar-refractivity contribution in [2.75, 3.05) is 31.6 Å². The summed E-state index contributed by atoms with van der Waals surface area (Å²) in [7, 11) is 2.22. The van der Waals surface area contributed by atoms with E-state index in [1.807, 2.05) is 0 Å². The van der Waals surface area contributed by atoms with Gasteiger partial charge in [-0.15, -0.1) is 24.8 Å². The number of fused-ring (bicyclic) bond motifs is 1. The van der Waals surface area contributed by atoms with Crippen molar-refractivity contribution in [2.24, 2.45) is 17.6 Å². The number of rotatable bonds is 3. The van der Waals surface area contributed by atoms with Gasteiger partial charge >= 0.3 is 0 Å². The minimum atomic E-state index is -0.410. The lowest BCUT2D eigenvalue weighted by Crippen LogP contribution is -2.31. The number of aromatic nitrogens is 1. The topological polar surface area (TPSA) is 62.5 Å². The molecule has 2 saturated heterocycles. The van der Waals surface area contributed by atoms with Gasteiger partial charge in [0.15, 0.2) is 0 Å². The van der Waals surface area contributed by atoms with Gasteiger partial charge in [0.25, 0.3) is 5.91 Å². The monoisotopic (exact) mass is 408 g/mol. The average Bonchev–Trinajstić information content (AvgIpc) is 3.12. The van der Waals surface area contributed by atoms with Gasteiger partial charge in [0.2, 0.25) is 0 Å². The third-order valence-corrected chi connectivity index (χ3v) is 5.75. The van der Waals surface area contributed by atoms with E-state index in [1.54, 1.807) is 18.3 Å². The molecule has 2 fully saturated rings. The van der Waals surface area contributed by atoms with Crippen LogP contribution in [0.5, 0.6) is 0 Å². The zero-order valence-corrected chi connectivity index (χ0v) is 17.2. The van der Waals surface area contributed by atoms with E-state index in [9.17, 15) is 4.79 Å². The molecule has 1 amide bonds. The first-order valence-corrected chi connectivity index (χ1v) is 8.82. The first-order valence-electron chi connectivity index (χ1n) is 8.82. The zero-order chi connectivity index (χ0) is 17.6. The van der Waals surface area contributed by atoms with Gasteiger partial charge in [-0.1, -0.05) is 24.3 Å². The van der Waals surface area contributed by atoms with Gasteiger partial charge in [-0.25, -0.2) is 4.98 Å². The fourth-order valence-electron chi connectivity index (χ4n) is 4.66. The van der Waals surface area contributed by atoms with E-state index in [0.29, 0.717) is 23.4 Å². The van der Waals surface area contributed by atoms with Crippen LogP contribution in [0.25, 0.3) is 0 Å². The van der Waals surface area contributed by atoms with Crippen molar-refractivity contribution in [3.63, 3.8) is 0 Å². The van der Waals surface area contributed by atoms with Crippen molar-refractivity contribution in [3.05, 3.63) is 59.3 Å². The Hall–Kier alpha value is -1.82. The number of aryl methyl sites for hydroxylation is 1. The van der Waals surface area contributed by atoms with Gasteiger partial charge < -0.3 is 10.6 Å². The second-order valence-electron chi connectivity index (χ2n) is 7.31. The van der Waals surface area contributed by atoms with Gasteiger partial charge in [0, 0.05) is 37.8 Å². The van der Waals surface area contributed by atoms with Crippen molar-refractivity contribution < 1.29 is 4.79 Å². The molecule has 7 heteroatoms. The Bertz CT molecular complexity index is 816. The summed E-state index contributed by atoms with van der Waals surface area (Å²) in [6, 6.07) is 12.6. The number of hydrogen-bond acceptors (Lipinski definition) is 4. The van der Waals surface area contributed by atoms with Crippen molar-refractivity contribution in [3.8, 4) is 0 Å². The average molecular weight is 409 g/mol. The van der Waals surface area contributed by atoms with Crippen LogP contribution in [0.4, 0.5) is 5.82 Å². The maximum atomic E-state index is 11.8. The van der Waals surface area contributed by atoms with Crippen LogP contribution in [-0.2, 0) is 0 Å². The minimum absolute atomic E-state index is 0. The summed E-state index contributed by atoms with van der Waals surface area (Å²) in [6.45, 7) is 5.09. The predicted octanol–water partition coefficient (Wildman–Crippen LogP) is 3.07. The molecule has 3 heterocycles. The van der Waals surface area contributed by atoms with Gasteiger partial charge in [-0.05, 0) is 43.1 Å². The van der Waals surface area contributed by atoms with Crippen molar-refractivity contribution >= 4 is 36.5 Å². The Morgan fingerprint density at radius 2 is 1.85 bits per heavy atom. The van der Waals surface area contributed by atoms with Crippen molar-refractivity contribution in [1.29, 1.82) is 0 Å². The van der Waals surface area contributed by atoms with Crippen LogP contribution in [0.3, 0.4) is 0 Å². The van der Waals surface area contributed by atoms with Crippen molar-refractivity contribution in [2.45, 2.75) is 13.0 Å². The molecule has 2 aliphatic rings. The standard InChI is InChI=1S/C20H24N4O.2ClH/c1-13-6-3-4-7-15(13)18-17-12-24(11-14(17)10-23(18)2)20-16(19(21)25)8-5-9-22-20;;/h3-9,14,17-18H,10-12H2,1-2H3,(H2,21,25);2*1H/t14-,17+,18-;;/m0../s1. The molecule has 0 saturated carbocycles. The largest absolute Gasteiger partial charge is 0.365 e. The van der Waals surface area contributed by atoms with E-state index >= 15 is 0 Å². The lowest BCUT2D eigenvalue weighted by atomic mass is 9.88. The number of anilines is 1. The summed E-state index contributed by atoms with van der Waals surface area (Å²) < 4.78 is 0. The lowest BCUT2D eigenvalue weighted by molar-refractivity contribution is 0.100. The summed E-state index contributed by atoms with van der Waals surface area (Å²) in [6.07, 6.45) is 1.74. The first kappa shape index (κ1) is 21.5. The lowest BCUT2D eigenvalue weighted by Gasteiger charge is -2.28. The Kier molecular flexibility index (Phi) is 6.73. The molecule has 1 aromatic carbocycles. The van der Waals surface area contributed by atoms with Gasteiger partial charge in [0.05, 0.1) is 5.56 Å². The smallest absolute Gasteiger partial charge is 0.252 e. The zero-order valence-electron chi connectivity index (χ0n) is 15.5. The molecule has 2 N–H and O–H groups in total. The number of halogens is 2. The van der Waals surface area contributed by atoms with Crippen LogP contribution in [-0.4, -0.2) is 42.5 Å². The van der Waals surface area contributed by atoms with E-state index < -0.39 is 5.91 Å². The second kappa shape index (κ2) is 8.46. The molecule has 4 rings (SSSR count). The Morgan fingerprint density at radius 1 is 1.11 bits per heavy atom. The molecular weight excluding hydrogens is 383 g/mol. The molecule has 0 radical (unpaired) electrons. The molecule has 2 aromatic rings. The predicted molar refractivity (Wildman–Crippen MR) is 113 cm³/mol. The van der Waals surface area contributed by atoms with E-state index in [2.05, 4.69) is 53.0 Å². The molecule has 146 valence electrons. The molecule has 3 atom stereocenters. The third kappa shape index (κ3) is 3.77. The summed E-state index contributed by atoms with van der Waals surface area (Å²) >= 11 is 0. The molecule has 0 unspecified atom stereocenters. The Morgan fingerprint density at radius 3 is 2.56 bits per heavy atom. The maximum Gasteiger partial charge on any atom is 0.252 e. The first-order chi connectivity index (χ1) is 12.1. The highest BCUT2D eigenvalue weighted by Gasteiger charge is 2.47. The number of nitrogens with two attached hydrogens (primary N) is 1. The Balaban J connectivity index is 0.00000131. The number of likely N-dealkylation sites (tertiary alicyclic amines) is 1. The normalized spacial score (nSPS) is 24.1. The molecule has 27 heavy (non-hydrogen) atoms. The highest BCUT2D eigenvalue weighted by molar-refractivity contribution is 5.97. The molecule has 1 aromatic heterocycles. The quantitative estimate of drug-likeness (QED) is 0.847. The SMILES string of the molecule is Cc1ccccc1[C@H]1[C@@H]2CN(c3ncccc3C(N)=O)C[C@@H]2CN1C.Cl.Cl. The fourth-order valence-corrected chi connectivity index (χ4v) is 4.66.